The average molecular weight is 579 g/mol. The number of carbonyl (C=O) groups is 1. The molecule has 2 aromatic rings. The molecule has 1 aliphatic heterocycles. The van der Waals surface area contributed by atoms with Crippen LogP contribution in [0.3, 0.4) is 0 Å². The Morgan fingerprint density at radius 2 is 1.51 bits per heavy atom. The minimum atomic E-state index is -0.334. The average Bonchev–Trinajstić information content (AvgIpc) is 3.30. The molecule has 43 heavy (non-hydrogen) atoms. The van der Waals surface area contributed by atoms with E-state index in [-0.39, 0.29) is 10.8 Å². The zero-order valence-electron chi connectivity index (χ0n) is 27.9. The summed E-state index contributed by atoms with van der Waals surface area (Å²) in [7, 11) is 0. The largest absolute Gasteiger partial charge is 0.377 e. The second-order valence-corrected chi connectivity index (χ2v) is 18.2. The number of benzene rings is 2. The van der Waals surface area contributed by atoms with Crippen LogP contribution in [0.25, 0.3) is 16.8 Å². The molecule has 230 valence electrons. The molecule has 8 rings (SSSR count). The molecule has 5 saturated carbocycles. The molecule has 0 spiro atoms. The van der Waals surface area contributed by atoms with Gasteiger partial charge in [-0.2, -0.15) is 0 Å². The van der Waals surface area contributed by atoms with Crippen LogP contribution in [0.5, 0.6) is 0 Å². The molecule has 6 aliphatic rings. The SMILES string of the molecule is CC1(C)CC[C@]23CC[C@]4(C)[C@@H](CC[C@@H]5[C@@]6(C)C/C(=C\c7cccc8ccccc78)C(=O)C(C)(C)[C@H]6CC[C@]54C)[C@@H]2[C@H]1OC3. The van der Waals surface area contributed by atoms with Crippen molar-refractivity contribution >= 4 is 22.6 Å². The number of ether oxygens (including phenoxy) is 1. The van der Waals surface area contributed by atoms with E-state index in [0.717, 1.165) is 30.4 Å². The van der Waals surface area contributed by atoms with Gasteiger partial charge in [-0.3, -0.25) is 4.79 Å². The van der Waals surface area contributed by atoms with E-state index in [0.29, 0.717) is 45.4 Å². The summed E-state index contributed by atoms with van der Waals surface area (Å²) in [6.07, 6.45) is 14.2. The van der Waals surface area contributed by atoms with Crippen LogP contribution in [0.1, 0.15) is 112 Å². The number of Topliss-reactive ketones (excluding diaryl/α,β-unsaturated/α-hetero) is 1. The van der Waals surface area contributed by atoms with Crippen molar-refractivity contribution in [1.82, 2.24) is 0 Å². The Kier molecular flexibility index (Phi) is 5.88. The van der Waals surface area contributed by atoms with E-state index in [1.165, 1.54) is 67.7 Å². The highest BCUT2D eigenvalue weighted by molar-refractivity contribution is 6.06. The van der Waals surface area contributed by atoms with Crippen LogP contribution < -0.4 is 0 Å². The smallest absolute Gasteiger partial charge is 0.164 e. The van der Waals surface area contributed by atoms with Crippen LogP contribution in [0.15, 0.2) is 48.0 Å². The maximum atomic E-state index is 14.3. The monoisotopic (exact) mass is 578 g/mol. The molecule has 2 bridgehead atoms. The normalized spacial score (nSPS) is 47.0. The van der Waals surface area contributed by atoms with E-state index in [1.54, 1.807) is 0 Å². The highest BCUT2D eigenvalue weighted by Gasteiger charge is 2.73. The van der Waals surface area contributed by atoms with Gasteiger partial charge in [0, 0.05) is 5.41 Å². The molecular weight excluding hydrogens is 524 g/mol. The van der Waals surface area contributed by atoms with Crippen LogP contribution in [0.4, 0.5) is 0 Å². The summed E-state index contributed by atoms with van der Waals surface area (Å²) in [5.74, 6) is 2.97. The quantitative estimate of drug-likeness (QED) is 0.315. The van der Waals surface area contributed by atoms with Crippen LogP contribution >= 0.6 is 0 Å². The van der Waals surface area contributed by atoms with Gasteiger partial charge in [0.15, 0.2) is 5.78 Å². The minimum Gasteiger partial charge on any atom is -0.377 e. The number of ketones is 1. The second-order valence-electron chi connectivity index (χ2n) is 18.2. The summed E-state index contributed by atoms with van der Waals surface area (Å²) < 4.78 is 6.79. The lowest BCUT2D eigenvalue weighted by atomic mass is 9.31. The van der Waals surface area contributed by atoms with Gasteiger partial charge in [-0.15, -0.1) is 0 Å². The summed E-state index contributed by atoms with van der Waals surface area (Å²) in [6, 6.07) is 15.2. The van der Waals surface area contributed by atoms with Crippen molar-refractivity contribution in [2.45, 2.75) is 112 Å². The highest BCUT2D eigenvalue weighted by atomic mass is 16.5. The molecule has 2 aromatic carbocycles. The van der Waals surface area contributed by atoms with Crippen molar-refractivity contribution in [2.75, 3.05) is 6.61 Å². The first kappa shape index (κ1) is 28.5. The third-order valence-electron chi connectivity index (χ3n) is 15.9. The zero-order chi connectivity index (χ0) is 30.2. The summed E-state index contributed by atoms with van der Waals surface area (Å²) in [6.45, 7) is 18.6. The Balaban J connectivity index is 1.20. The first-order chi connectivity index (χ1) is 20.3. The van der Waals surface area contributed by atoms with E-state index in [2.05, 4.69) is 97.0 Å². The van der Waals surface area contributed by atoms with Gasteiger partial charge in [0.05, 0.1) is 12.7 Å². The van der Waals surface area contributed by atoms with Crippen LogP contribution in [-0.2, 0) is 9.53 Å². The number of rotatable bonds is 1. The van der Waals surface area contributed by atoms with Gasteiger partial charge in [-0.05, 0) is 137 Å². The number of carbonyl (C=O) groups excluding carboxylic acids is 1. The molecule has 0 amide bonds. The van der Waals surface area contributed by atoms with Crippen LogP contribution in [0.2, 0.25) is 0 Å². The Bertz CT molecular complexity index is 1520. The molecule has 0 N–H and O–H groups in total. The molecule has 6 fully saturated rings. The molecule has 0 aromatic heterocycles. The fourth-order valence-corrected chi connectivity index (χ4v) is 13.5. The Labute approximate surface area is 260 Å². The summed E-state index contributed by atoms with van der Waals surface area (Å²) in [5, 5.41) is 2.50. The maximum absolute atomic E-state index is 14.3. The van der Waals surface area contributed by atoms with Crippen molar-refractivity contribution in [3.63, 3.8) is 0 Å². The molecule has 1 heterocycles. The topological polar surface area (TPSA) is 26.3 Å². The molecule has 2 heteroatoms. The second kappa shape index (κ2) is 8.86. The van der Waals surface area contributed by atoms with Gasteiger partial charge in [-0.1, -0.05) is 90.9 Å². The van der Waals surface area contributed by atoms with E-state index in [9.17, 15) is 4.79 Å². The van der Waals surface area contributed by atoms with E-state index in [1.807, 2.05) is 0 Å². The summed E-state index contributed by atoms with van der Waals surface area (Å²) in [5.41, 5.74) is 3.42. The fraction of sp³-hybridized carbons (Fsp3) is 0.683. The number of hydrogen-bond donors (Lipinski definition) is 0. The Morgan fingerprint density at radius 1 is 0.767 bits per heavy atom. The Hall–Kier alpha value is -1.93. The van der Waals surface area contributed by atoms with Crippen LogP contribution in [0, 0.1) is 56.2 Å². The van der Waals surface area contributed by atoms with Crippen molar-refractivity contribution in [1.29, 1.82) is 0 Å². The number of allylic oxidation sites excluding steroid dienone is 1. The van der Waals surface area contributed by atoms with Gasteiger partial charge < -0.3 is 4.74 Å². The van der Waals surface area contributed by atoms with Gasteiger partial charge in [0.25, 0.3) is 0 Å². The van der Waals surface area contributed by atoms with Gasteiger partial charge >= 0.3 is 0 Å². The lowest BCUT2D eigenvalue weighted by molar-refractivity contribution is -0.236. The molecule has 9 atom stereocenters. The van der Waals surface area contributed by atoms with Crippen molar-refractivity contribution in [3.05, 3.63) is 53.6 Å². The highest BCUT2D eigenvalue weighted by Crippen LogP contribution is 2.78. The van der Waals surface area contributed by atoms with Gasteiger partial charge in [0.2, 0.25) is 0 Å². The first-order valence-electron chi connectivity index (χ1n) is 17.6. The van der Waals surface area contributed by atoms with E-state index < -0.39 is 0 Å². The van der Waals surface area contributed by atoms with Crippen molar-refractivity contribution < 1.29 is 9.53 Å². The maximum Gasteiger partial charge on any atom is 0.164 e. The summed E-state index contributed by atoms with van der Waals surface area (Å²) >= 11 is 0. The van der Waals surface area contributed by atoms with Gasteiger partial charge in [-0.25, -0.2) is 0 Å². The molecule has 5 aliphatic carbocycles. The molecule has 2 nitrogen and oxygen atoms in total. The van der Waals surface area contributed by atoms with Crippen LogP contribution in [-0.4, -0.2) is 18.5 Å². The minimum absolute atomic E-state index is 0.130. The predicted molar refractivity (Wildman–Crippen MR) is 177 cm³/mol. The number of fused-ring (bicyclic) bond motifs is 6. The predicted octanol–water partition coefficient (Wildman–Crippen LogP) is 10.3. The van der Waals surface area contributed by atoms with Gasteiger partial charge in [0.1, 0.15) is 0 Å². The zero-order valence-corrected chi connectivity index (χ0v) is 27.9. The molecule has 0 radical (unpaired) electrons. The fourth-order valence-electron chi connectivity index (χ4n) is 13.5. The molecule has 1 saturated heterocycles. The first-order valence-corrected chi connectivity index (χ1v) is 17.6. The molecular formula is C41H54O2. The lowest BCUT2D eigenvalue weighted by Gasteiger charge is -2.73. The standard InChI is InChI=1S/C41H54O2/c1-36(2)19-21-41-22-20-39(6)30(33(41)35(36)43-25-41)15-16-32-38(5)24-28(23-27-13-10-12-26-11-8-9-14-29(26)27)34(42)37(3,4)31(38)17-18-40(32,39)7/h8-14,23,30-33,35H,15-22,24-25H2,1-7H3/b28-23+/t30-,31+,32+,33+,35+,38-,39+,40+,41+/m0/s1. The molecule has 0 unspecified atom stereocenters. The van der Waals surface area contributed by atoms with E-state index >= 15 is 0 Å². The Morgan fingerprint density at radius 3 is 2.33 bits per heavy atom. The van der Waals surface area contributed by atoms with E-state index in [4.69, 9.17) is 4.74 Å². The lowest BCUT2D eigenvalue weighted by Crippen LogP contribution is -2.67. The number of hydrogen-bond acceptors (Lipinski definition) is 2. The third kappa shape index (κ3) is 3.54. The van der Waals surface area contributed by atoms with Crippen molar-refractivity contribution in [2.24, 2.45) is 56.2 Å². The van der Waals surface area contributed by atoms with Crippen molar-refractivity contribution in [3.8, 4) is 0 Å². The third-order valence-corrected chi connectivity index (χ3v) is 15.9. The summed E-state index contributed by atoms with van der Waals surface area (Å²) in [4.78, 5) is 14.3.